The normalized spacial score (nSPS) is 38.0. The summed E-state index contributed by atoms with van der Waals surface area (Å²) in [6.45, 7) is 2.43. The summed E-state index contributed by atoms with van der Waals surface area (Å²) in [7, 11) is 0. The number of rotatable bonds is 1. The lowest BCUT2D eigenvalue weighted by atomic mass is 9.91. The molecule has 3 heteroatoms. The van der Waals surface area contributed by atoms with Crippen LogP contribution in [-0.2, 0) is 0 Å². The molecule has 1 aliphatic heterocycles. The van der Waals surface area contributed by atoms with Gasteiger partial charge < -0.3 is 5.32 Å². The van der Waals surface area contributed by atoms with Crippen LogP contribution in [0, 0.1) is 11.8 Å². The summed E-state index contributed by atoms with van der Waals surface area (Å²) in [6.07, 6.45) is 6.83. The van der Waals surface area contributed by atoms with Gasteiger partial charge in [0.05, 0.1) is 6.20 Å². The fourth-order valence-corrected chi connectivity index (χ4v) is 2.98. The van der Waals surface area contributed by atoms with Crippen molar-refractivity contribution in [2.45, 2.75) is 18.8 Å². The fourth-order valence-electron chi connectivity index (χ4n) is 2.98. The maximum atomic E-state index is 4.04. The first kappa shape index (κ1) is 7.56. The third-order valence-electron chi connectivity index (χ3n) is 3.58. The summed E-state index contributed by atoms with van der Waals surface area (Å²) in [5.41, 5.74) is 1.41. The van der Waals surface area contributed by atoms with Crippen LogP contribution in [-0.4, -0.2) is 23.3 Å². The number of hydrogen-bond acceptors (Lipinski definition) is 2. The summed E-state index contributed by atoms with van der Waals surface area (Å²) in [5, 5.41) is 10.5. The highest BCUT2D eigenvalue weighted by Crippen LogP contribution is 2.44. The van der Waals surface area contributed by atoms with Gasteiger partial charge in [-0.2, -0.15) is 5.10 Å². The molecule has 70 valence electrons. The molecule has 0 radical (unpaired) electrons. The van der Waals surface area contributed by atoms with Gasteiger partial charge in [-0.15, -0.1) is 0 Å². The predicted molar refractivity (Wildman–Crippen MR) is 50.4 cm³/mol. The lowest BCUT2D eigenvalue weighted by Gasteiger charge is -2.21. The number of fused-ring (bicyclic) bond motifs is 2. The van der Waals surface area contributed by atoms with Crippen LogP contribution in [0.4, 0.5) is 0 Å². The van der Waals surface area contributed by atoms with Crippen molar-refractivity contribution in [1.29, 1.82) is 0 Å². The van der Waals surface area contributed by atoms with Gasteiger partial charge in [0.2, 0.25) is 0 Å². The SMILES string of the molecule is c1n[nH]cc1C1CC2CNCC1C2. The standard InChI is InChI=1S/C10H15N3/c1-7-2-10(8(1)4-11-3-7)9-5-12-13-6-9/h5-8,10-11H,1-4H2,(H,12,13). The topological polar surface area (TPSA) is 40.7 Å². The van der Waals surface area contributed by atoms with Crippen molar-refractivity contribution in [3.63, 3.8) is 0 Å². The summed E-state index contributed by atoms with van der Waals surface area (Å²) < 4.78 is 0. The van der Waals surface area contributed by atoms with Crippen LogP contribution >= 0.6 is 0 Å². The molecule has 3 atom stereocenters. The smallest absolute Gasteiger partial charge is 0.0522 e. The molecular formula is C10H15N3. The van der Waals surface area contributed by atoms with Crippen LogP contribution < -0.4 is 5.32 Å². The Morgan fingerprint density at radius 2 is 2.31 bits per heavy atom. The van der Waals surface area contributed by atoms with Crippen LogP contribution in [0.3, 0.4) is 0 Å². The Morgan fingerprint density at radius 1 is 1.31 bits per heavy atom. The Kier molecular flexibility index (Phi) is 1.65. The van der Waals surface area contributed by atoms with Crippen LogP contribution in [0.5, 0.6) is 0 Å². The van der Waals surface area contributed by atoms with E-state index in [9.17, 15) is 0 Å². The highest BCUT2D eigenvalue weighted by molar-refractivity contribution is 5.15. The van der Waals surface area contributed by atoms with Crippen LogP contribution in [0.2, 0.25) is 0 Å². The number of aromatic amines is 1. The second-order valence-corrected chi connectivity index (χ2v) is 4.39. The lowest BCUT2D eigenvalue weighted by molar-refractivity contribution is 0.370. The van der Waals surface area contributed by atoms with Gasteiger partial charge in [-0.05, 0) is 49.2 Å². The van der Waals surface area contributed by atoms with E-state index in [2.05, 4.69) is 21.7 Å². The van der Waals surface area contributed by atoms with Crippen molar-refractivity contribution in [3.05, 3.63) is 18.0 Å². The number of aromatic nitrogens is 2. The first-order chi connectivity index (χ1) is 6.43. The molecule has 2 N–H and O–H groups in total. The molecule has 1 aromatic heterocycles. The minimum absolute atomic E-state index is 0.763. The lowest BCUT2D eigenvalue weighted by Crippen LogP contribution is -2.31. The minimum atomic E-state index is 0.763. The average molecular weight is 177 g/mol. The maximum absolute atomic E-state index is 4.04. The van der Waals surface area contributed by atoms with Gasteiger partial charge in [0.15, 0.2) is 0 Å². The van der Waals surface area contributed by atoms with Crippen molar-refractivity contribution < 1.29 is 0 Å². The third kappa shape index (κ3) is 1.18. The highest BCUT2D eigenvalue weighted by Gasteiger charge is 2.37. The Morgan fingerprint density at radius 3 is 3.08 bits per heavy atom. The van der Waals surface area contributed by atoms with Gasteiger partial charge >= 0.3 is 0 Å². The van der Waals surface area contributed by atoms with E-state index in [-0.39, 0.29) is 0 Å². The molecule has 2 bridgehead atoms. The van der Waals surface area contributed by atoms with Crippen molar-refractivity contribution in [1.82, 2.24) is 15.5 Å². The van der Waals surface area contributed by atoms with Crippen LogP contribution in [0.25, 0.3) is 0 Å². The molecule has 1 saturated heterocycles. The fraction of sp³-hybridized carbons (Fsp3) is 0.700. The molecule has 2 aliphatic rings. The van der Waals surface area contributed by atoms with Crippen molar-refractivity contribution in [3.8, 4) is 0 Å². The molecule has 3 nitrogen and oxygen atoms in total. The van der Waals surface area contributed by atoms with Gasteiger partial charge in [-0.1, -0.05) is 0 Å². The Hall–Kier alpha value is -0.830. The van der Waals surface area contributed by atoms with Gasteiger partial charge in [0.1, 0.15) is 0 Å². The van der Waals surface area contributed by atoms with Crippen molar-refractivity contribution in [2.24, 2.45) is 11.8 Å². The largest absolute Gasteiger partial charge is 0.316 e. The zero-order valence-corrected chi connectivity index (χ0v) is 7.66. The van der Waals surface area contributed by atoms with E-state index >= 15 is 0 Å². The number of piperidine rings is 1. The molecule has 1 saturated carbocycles. The predicted octanol–water partition coefficient (Wildman–Crippen LogP) is 1.12. The molecule has 3 rings (SSSR count). The first-order valence-electron chi connectivity index (χ1n) is 5.13. The highest BCUT2D eigenvalue weighted by atomic mass is 15.1. The minimum Gasteiger partial charge on any atom is -0.316 e. The van der Waals surface area contributed by atoms with Gasteiger partial charge in [0.25, 0.3) is 0 Å². The monoisotopic (exact) mass is 177 g/mol. The zero-order valence-electron chi connectivity index (χ0n) is 7.66. The zero-order chi connectivity index (χ0) is 8.67. The molecule has 2 fully saturated rings. The van der Waals surface area contributed by atoms with E-state index in [0.717, 1.165) is 17.8 Å². The van der Waals surface area contributed by atoms with Crippen LogP contribution in [0.15, 0.2) is 12.4 Å². The van der Waals surface area contributed by atoms with E-state index in [4.69, 9.17) is 0 Å². The Labute approximate surface area is 77.9 Å². The molecule has 2 heterocycles. The molecule has 1 aliphatic carbocycles. The van der Waals surface area contributed by atoms with Gasteiger partial charge in [-0.25, -0.2) is 0 Å². The average Bonchev–Trinajstić information content (AvgIpc) is 2.74. The number of nitrogens with zero attached hydrogens (tertiary/aromatic N) is 1. The summed E-state index contributed by atoms with van der Waals surface area (Å²) in [5.74, 6) is 2.54. The number of hydrogen-bond donors (Lipinski definition) is 2. The van der Waals surface area contributed by atoms with E-state index in [1.807, 2.05) is 6.20 Å². The molecule has 0 amide bonds. The molecular weight excluding hydrogens is 162 g/mol. The van der Waals surface area contributed by atoms with Crippen molar-refractivity contribution in [2.75, 3.05) is 13.1 Å². The molecule has 1 aromatic rings. The number of H-pyrrole nitrogens is 1. The van der Waals surface area contributed by atoms with Crippen molar-refractivity contribution >= 4 is 0 Å². The summed E-state index contributed by atoms with van der Waals surface area (Å²) in [6, 6.07) is 0. The quantitative estimate of drug-likeness (QED) is 0.675. The van der Waals surface area contributed by atoms with Gasteiger partial charge in [-0.3, -0.25) is 5.10 Å². The Bertz CT molecular complexity index is 280. The van der Waals surface area contributed by atoms with Crippen LogP contribution in [0.1, 0.15) is 24.3 Å². The maximum Gasteiger partial charge on any atom is 0.0522 e. The Balaban J connectivity index is 1.86. The first-order valence-corrected chi connectivity index (χ1v) is 5.13. The number of nitrogens with one attached hydrogen (secondary N) is 2. The summed E-state index contributed by atoms with van der Waals surface area (Å²) >= 11 is 0. The van der Waals surface area contributed by atoms with E-state index < -0.39 is 0 Å². The van der Waals surface area contributed by atoms with Gasteiger partial charge in [0, 0.05) is 6.20 Å². The third-order valence-corrected chi connectivity index (χ3v) is 3.58. The molecule has 0 aromatic carbocycles. The second kappa shape index (κ2) is 2.84. The molecule has 13 heavy (non-hydrogen) atoms. The molecule has 0 spiro atoms. The van der Waals surface area contributed by atoms with E-state index in [0.29, 0.717) is 0 Å². The molecule has 3 unspecified atom stereocenters. The summed E-state index contributed by atoms with van der Waals surface area (Å²) in [4.78, 5) is 0. The van der Waals surface area contributed by atoms with E-state index in [1.165, 1.54) is 31.5 Å². The van der Waals surface area contributed by atoms with E-state index in [1.54, 1.807) is 0 Å². The second-order valence-electron chi connectivity index (χ2n) is 4.39.